The molecule has 0 bridgehead atoms. The Balaban J connectivity index is 2.71. The number of ketones is 1. The van der Waals surface area contributed by atoms with Crippen LogP contribution >= 0.6 is 0 Å². The zero-order chi connectivity index (χ0) is 12.0. The van der Waals surface area contributed by atoms with Crippen molar-refractivity contribution in [1.82, 2.24) is 4.90 Å². The molecule has 1 heterocycles. The Morgan fingerprint density at radius 2 is 2.00 bits per heavy atom. The molecule has 0 unspecified atom stereocenters. The molecule has 0 aliphatic carbocycles. The van der Waals surface area contributed by atoms with E-state index in [0.717, 1.165) is 0 Å². The molecule has 1 fully saturated rings. The summed E-state index contributed by atoms with van der Waals surface area (Å²) in [6.45, 7) is 5.96. The summed E-state index contributed by atoms with van der Waals surface area (Å²) < 4.78 is 10.00. The highest BCUT2D eigenvalue weighted by molar-refractivity contribution is 6.16. The number of rotatable bonds is 4. The van der Waals surface area contributed by atoms with Crippen LogP contribution in [-0.2, 0) is 19.1 Å². The average Bonchev–Trinajstić information content (AvgIpc) is 2.27. The maximum absolute atomic E-state index is 11.5. The number of carbonyl (C=O) groups excluding carboxylic acids is 2. The Hall–Kier alpha value is -1.36. The molecule has 1 aliphatic rings. The molecule has 0 aromatic rings. The number of hydrogen-bond acceptors (Lipinski definition) is 5. The van der Waals surface area contributed by atoms with Gasteiger partial charge in [-0.1, -0.05) is 0 Å². The van der Waals surface area contributed by atoms with Crippen molar-refractivity contribution in [3.63, 3.8) is 0 Å². The summed E-state index contributed by atoms with van der Waals surface area (Å²) in [5, 5.41) is 0. The highest BCUT2D eigenvalue weighted by Crippen LogP contribution is 2.05. The lowest BCUT2D eigenvalue weighted by Gasteiger charge is -2.25. The maximum atomic E-state index is 11.5. The van der Waals surface area contributed by atoms with Gasteiger partial charge in [-0.05, 0) is 13.8 Å². The van der Waals surface area contributed by atoms with Gasteiger partial charge in [0, 0.05) is 19.3 Å². The molecule has 5 heteroatoms. The molecule has 1 rings (SSSR count). The van der Waals surface area contributed by atoms with Crippen molar-refractivity contribution in [3.05, 3.63) is 11.8 Å². The van der Waals surface area contributed by atoms with Crippen molar-refractivity contribution in [3.8, 4) is 0 Å². The summed E-state index contributed by atoms with van der Waals surface area (Å²) >= 11 is 0. The topological polar surface area (TPSA) is 55.8 Å². The third kappa shape index (κ3) is 3.66. The van der Waals surface area contributed by atoms with E-state index in [4.69, 9.17) is 9.47 Å². The van der Waals surface area contributed by atoms with Gasteiger partial charge in [0.1, 0.15) is 5.57 Å². The summed E-state index contributed by atoms with van der Waals surface area (Å²) in [5.41, 5.74) is 0.101. The fraction of sp³-hybridized carbons (Fsp3) is 0.636. The molecule has 1 aliphatic heterocycles. The van der Waals surface area contributed by atoms with Crippen molar-refractivity contribution < 1.29 is 19.1 Å². The summed E-state index contributed by atoms with van der Waals surface area (Å²) in [6, 6.07) is 0. The van der Waals surface area contributed by atoms with Crippen molar-refractivity contribution in [2.75, 3.05) is 32.9 Å². The van der Waals surface area contributed by atoms with Crippen LogP contribution in [0.3, 0.4) is 0 Å². The van der Waals surface area contributed by atoms with Crippen molar-refractivity contribution in [2.45, 2.75) is 13.8 Å². The molecule has 0 atom stereocenters. The summed E-state index contributed by atoms with van der Waals surface area (Å²) in [7, 11) is 0. The summed E-state index contributed by atoms with van der Waals surface area (Å²) in [6.07, 6.45) is 1.57. The maximum Gasteiger partial charge on any atom is 0.343 e. The Labute approximate surface area is 95.0 Å². The van der Waals surface area contributed by atoms with Crippen LogP contribution in [-0.4, -0.2) is 49.6 Å². The highest BCUT2D eigenvalue weighted by atomic mass is 16.5. The van der Waals surface area contributed by atoms with E-state index in [1.54, 1.807) is 13.1 Å². The average molecular weight is 227 g/mol. The molecule has 0 radical (unpaired) electrons. The Bertz CT molecular complexity index is 292. The number of carbonyl (C=O) groups is 2. The molecule has 0 N–H and O–H groups in total. The fourth-order valence-electron chi connectivity index (χ4n) is 1.39. The Morgan fingerprint density at radius 3 is 2.50 bits per heavy atom. The second kappa shape index (κ2) is 6.27. The molecule has 0 aromatic heterocycles. The summed E-state index contributed by atoms with van der Waals surface area (Å²) in [4.78, 5) is 24.7. The second-order valence-electron chi connectivity index (χ2n) is 3.47. The second-order valence-corrected chi connectivity index (χ2v) is 3.47. The van der Waals surface area contributed by atoms with Crippen LogP contribution in [0.2, 0.25) is 0 Å². The number of hydrogen-bond donors (Lipinski definition) is 0. The van der Waals surface area contributed by atoms with Crippen LogP contribution in [0.1, 0.15) is 13.8 Å². The smallest absolute Gasteiger partial charge is 0.343 e. The highest BCUT2D eigenvalue weighted by Gasteiger charge is 2.18. The van der Waals surface area contributed by atoms with E-state index in [-0.39, 0.29) is 18.0 Å². The first-order valence-corrected chi connectivity index (χ1v) is 5.36. The number of Topliss-reactive ketones (excluding diaryl/α,β-unsaturated/α-hetero) is 1. The van der Waals surface area contributed by atoms with E-state index in [9.17, 15) is 9.59 Å². The lowest BCUT2D eigenvalue weighted by Crippen LogP contribution is -2.33. The van der Waals surface area contributed by atoms with Crippen LogP contribution in [0.4, 0.5) is 0 Å². The first-order chi connectivity index (χ1) is 7.65. The van der Waals surface area contributed by atoms with Crippen LogP contribution in [0.15, 0.2) is 11.8 Å². The van der Waals surface area contributed by atoms with Crippen molar-refractivity contribution in [1.29, 1.82) is 0 Å². The van der Waals surface area contributed by atoms with E-state index < -0.39 is 5.97 Å². The fourth-order valence-corrected chi connectivity index (χ4v) is 1.39. The molecule has 0 aromatic carbocycles. The molecule has 5 nitrogen and oxygen atoms in total. The monoisotopic (exact) mass is 227 g/mol. The zero-order valence-corrected chi connectivity index (χ0v) is 9.69. The van der Waals surface area contributed by atoms with E-state index in [1.807, 2.05) is 4.90 Å². The molecule has 0 spiro atoms. The minimum Gasteiger partial charge on any atom is -0.462 e. The zero-order valence-electron chi connectivity index (χ0n) is 9.69. The normalized spacial score (nSPS) is 17.1. The van der Waals surface area contributed by atoms with Gasteiger partial charge >= 0.3 is 5.97 Å². The minimum absolute atomic E-state index is 0.101. The lowest BCUT2D eigenvalue weighted by atomic mass is 10.2. The van der Waals surface area contributed by atoms with Gasteiger partial charge in [0.05, 0.1) is 19.8 Å². The van der Waals surface area contributed by atoms with Gasteiger partial charge in [-0.25, -0.2) is 4.79 Å². The Kier molecular flexibility index (Phi) is 4.98. The number of nitrogens with zero attached hydrogens (tertiary/aromatic N) is 1. The molecular formula is C11H17NO4. The number of ether oxygens (including phenoxy) is 2. The number of morpholine rings is 1. The molecule has 0 amide bonds. The first-order valence-electron chi connectivity index (χ1n) is 5.36. The largest absolute Gasteiger partial charge is 0.462 e. The van der Waals surface area contributed by atoms with Crippen LogP contribution in [0.25, 0.3) is 0 Å². The standard InChI is InChI=1S/C11H17NO4/c1-3-16-11(14)10(9(2)13)8-12-4-6-15-7-5-12/h8H,3-7H2,1-2H3/b10-8+. The summed E-state index contributed by atoms with van der Waals surface area (Å²) in [5.74, 6) is -0.827. The molecular weight excluding hydrogens is 210 g/mol. The van der Waals surface area contributed by atoms with Crippen molar-refractivity contribution in [2.24, 2.45) is 0 Å². The third-order valence-corrected chi connectivity index (χ3v) is 2.23. The SMILES string of the molecule is CCOC(=O)/C(=C/N1CCOCC1)C(C)=O. The van der Waals surface area contributed by atoms with E-state index in [1.165, 1.54) is 6.92 Å². The minimum atomic E-state index is -0.554. The van der Waals surface area contributed by atoms with Gasteiger partial charge < -0.3 is 14.4 Å². The van der Waals surface area contributed by atoms with Gasteiger partial charge in [-0.15, -0.1) is 0 Å². The van der Waals surface area contributed by atoms with Gasteiger partial charge in [0.15, 0.2) is 5.78 Å². The molecule has 90 valence electrons. The van der Waals surface area contributed by atoms with Crippen LogP contribution in [0, 0.1) is 0 Å². The van der Waals surface area contributed by atoms with Crippen LogP contribution < -0.4 is 0 Å². The van der Waals surface area contributed by atoms with Gasteiger partial charge in [0.2, 0.25) is 0 Å². The number of esters is 1. The molecule has 0 saturated carbocycles. The molecule has 16 heavy (non-hydrogen) atoms. The first kappa shape index (κ1) is 12.7. The van der Waals surface area contributed by atoms with E-state index in [0.29, 0.717) is 26.3 Å². The predicted octanol–water partition coefficient (Wildman–Crippen LogP) is 0.355. The van der Waals surface area contributed by atoms with E-state index in [2.05, 4.69) is 0 Å². The lowest BCUT2D eigenvalue weighted by molar-refractivity contribution is -0.140. The van der Waals surface area contributed by atoms with Gasteiger partial charge in [-0.3, -0.25) is 4.79 Å². The molecule has 1 saturated heterocycles. The van der Waals surface area contributed by atoms with Gasteiger partial charge in [-0.2, -0.15) is 0 Å². The quantitative estimate of drug-likeness (QED) is 0.300. The van der Waals surface area contributed by atoms with Crippen molar-refractivity contribution >= 4 is 11.8 Å². The third-order valence-electron chi connectivity index (χ3n) is 2.23. The van der Waals surface area contributed by atoms with Gasteiger partial charge in [0.25, 0.3) is 0 Å². The predicted molar refractivity (Wildman–Crippen MR) is 57.8 cm³/mol. The van der Waals surface area contributed by atoms with E-state index >= 15 is 0 Å². The Morgan fingerprint density at radius 1 is 1.38 bits per heavy atom. The van der Waals surface area contributed by atoms with Crippen LogP contribution in [0.5, 0.6) is 0 Å².